The SMILES string of the molecule is CC[CH]C(CO)c1ccc(Cl)cc1. The van der Waals surface area contributed by atoms with E-state index in [1.165, 1.54) is 0 Å². The summed E-state index contributed by atoms with van der Waals surface area (Å²) in [4.78, 5) is 0. The van der Waals surface area contributed by atoms with Crippen molar-refractivity contribution in [2.45, 2.75) is 19.3 Å². The first-order valence-corrected chi connectivity index (χ1v) is 4.85. The van der Waals surface area contributed by atoms with Crippen LogP contribution in [-0.2, 0) is 0 Å². The Morgan fingerprint density at radius 2 is 2.00 bits per heavy atom. The van der Waals surface area contributed by atoms with E-state index in [-0.39, 0.29) is 12.5 Å². The van der Waals surface area contributed by atoms with E-state index in [4.69, 9.17) is 16.7 Å². The van der Waals surface area contributed by atoms with Gasteiger partial charge in [-0.2, -0.15) is 0 Å². The summed E-state index contributed by atoms with van der Waals surface area (Å²) < 4.78 is 0. The lowest BCUT2D eigenvalue weighted by atomic mass is 9.96. The van der Waals surface area contributed by atoms with E-state index < -0.39 is 0 Å². The zero-order valence-corrected chi connectivity index (χ0v) is 8.46. The fourth-order valence-electron chi connectivity index (χ4n) is 1.31. The van der Waals surface area contributed by atoms with Gasteiger partial charge in [0.05, 0.1) is 6.61 Å². The van der Waals surface area contributed by atoms with Crippen molar-refractivity contribution in [3.8, 4) is 0 Å². The number of halogens is 1. The first-order chi connectivity index (χ1) is 6.27. The lowest BCUT2D eigenvalue weighted by molar-refractivity contribution is 0.276. The van der Waals surface area contributed by atoms with Crippen LogP contribution in [0.2, 0.25) is 5.02 Å². The van der Waals surface area contributed by atoms with Gasteiger partial charge in [0.2, 0.25) is 0 Å². The van der Waals surface area contributed by atoms with Crippen LogP contribution in [0, 0.1) is 6.42 Å². The van der Waals surface area contributed by atoms with Gasteiger partial charge < -0.3 is 5.11 Å². The van der Waals surface area contributed by atoms with Gasteiger partial charge in [-0.15, -0.1) is 0 Å². The molecule has 0 heterocycles. The second-order valence-electron chi connectivity index (χ2n) is 2.98. The quantitative estimate of drug-likeness (QED) is 0.787. The van der Waals surface area contributed by atoms with Crippen LogP contribution in [0.4, 0.5) is 0 Å². The molecule has 0 aromatic heterocycles. The van der Waals surface area contributed by atoms with E-state index in [1.54, 1.807) is 0 Å². The molecule has 1 aromatic carbocycles. The predicted molar refractivity (Wildman–Crippen MR) is 55.9 cm³/mol. The maximum atomic E-state index is 9.12. The number of hydrogen-bond donors (Lipinski definition) is 1. The second kappa shape index (κ2) is 5.25. The fraction of sp³-hybridized carbons (Fsp3) is 0.364. The van der Waals surface area contributed by atoms with Crippen LogP contribution in [0.1, 0.15) is 24.8 Å². The zero-order valence-electron chi connectivity index (χ0n) is 7.70. The average Bonchev–Trinajstić information content (AvgIpc) is 2.16. The number of hydrogen-bond acceptors (Lipinski definition) is 1. The smallest absolute Gasteiger partial charge is 0.0502 e. The van der Waals surface area contributed by atoms with Gasteiger partial charge in [-0.1, -0.05) is 37.1 Å². The van der Waals surface area contributed by atoms with Gasteiger partial charge >= 0.3 is 0 Å². The first kappa shape index (κ1) is 10.6. The molecule has 1 unspecified atom stereocenters. The van der Waals surface area contributed by atoms with Crippen LogP contribution >= 0.6 is 11.6 Å². The minimum absolute atomic E-state index is 0.141. The molecule has 0 aliphatic carbocycles. The molecule has 1 atom stereocenters. The van der Waals surface area contributed by atoms with E-state index >= 15 is 0 Å². The van der Waals surface area contributed by atoms with Crippen molar-refractivity contribution in [1.29, 1.82) is 0 Å². The Morgan fingerprint density at radius 1 is 1.38 bits per heavy atom. The van der Waals surface area contributed by atoms with E-state index in [0.29, 0.717) is 0 Å². The lowest BCUT2D eigenvalue weighted by Gasteiger charge is -2.12. The molecule has 0 saturated carbocycles. The lowest BCUT2D eigenvalue weighted by Crippen LogP contribution is -2.03. The molecule has 0 fully saturated rings. The molecule has 0 saturated heterocycles. The maximum Gasteiger partial charge on any atom is 0.0502 e. The molecule has 1 radical (unpaired) electrons. The number of rotatable bonds is 4. The summed E-state index contributed by atoms with van der Waals surface area (Å²) >= 11 is 5.76. The summed E-state index contributed by atoms with van der Waals surface area (Å²) in [6.07, 6.45) is 3.07. The first-order valence-electron chi connectivity index (χ1n) is 4.47. The minimum Gasteiger partial charge on any atom is -0.396 e. The molecule has 0 aliphatic heterocycles. The molecule has 0 amide bonds. The average molecular weight is 198 g/mol. The van der Waals surface area contributed by atoms with E-state index in [0.717, 1.165) is 17.0 Å². The number of aliphatic hydroxyl groups is 1. The van der Waals surface area contributed by atoms with Crippen molar-refractivity contribution in [3.05, 3.63) is 41.3 Å². The van der Waals surface area contributed by atoms with Crippen LogP contribution in [0.5, 0.6) is 0 Å². The van der Waals surface area contributed by atoms with Crippen LogP contribution in [-0.4, -0.2) is 11.7 Å². The van der Waals surface area contributed by atoms with Crippen molar-refractivity contribution < 1.29 is 5.11 Å². The molecule has 2 heteroatoms. The van der Waals surface area contributed by atoms with Crippen molar-refractivity contribution in [3.63, 3.8) is 0 Å². The van der Waals surface area contributed by atoms with Crippen molar-refractivity contribution >= 4 is 11.6 Å². The molecule has 1 rings (SSSR count). The third-order valence-electron chi connectivity index (χ3n) is 2.02. The van der Waals surface area contributed by atoms with Gasteiger partial charge in [-0.3, -0.25) is 0 Å². The summed E-state index contributed by atoms with van der Waals surface area (Å²) in [5.74, 6) is 0.141. The Labute approximate surface area is 84.4 Å². The Balaban J connectivity index is 2.73. The molecule has 1 nitrogen and oxygen atoms in total. The molecule has 0 spiro atoms. The normalized spacial score (nSPS) is 12.8. The summed E-state index contributed by atoms with van der Waals surface area (Å²) in [5.41, 5.74) is 1.12. The summed E-state index contributed by atoms with van der Waals surface area (Å²) in [6.45, 7) is 2.23. The Hall–Kier alpha value is -0.530. The van der Waals surface area contributed by atoms with E-state index in [9.17, 15) is 0 Å². The van der Waals surface area contributed by atoms with Crippen LogP contribution < -0.4 is 0 Å². The third-order valence-corrected chi connectivity index (χ3v) is 2.27. The van der Waals surface area contributed by atoms with Crippen LogP contribution in [0.3, 0.4) is 0 Å². The van der Waals surface area contributed by atoms with Gasteiger partial charge in [0.25, 0.3) is 0 Å². The molecular weight excluding hydrogens is 184 g/mol. The Morgan fingerprint density at radius 3 is 2.46 bits per heavy atom. The van der Waals surface area contributed by atoms with Crippen LogP contribution in [0.25, 0.3) is 0 Å². The van der Waals surface area contributed by atoms with Crippen molar-refractivity contribution in [2.75, 3.05) is 6.61 Å². The number of benzene rings is 1. The summed E-state index contributed by atoms with van der Waals surface area (Å²) in [5, 5.41) is 9.85. The standard InChI is InChI=1S/C11H14ClO/c1-2-3-10(8-13)9-4-6-11(12)7-5-9/h3-7,10,13H,2,8H2,1H3. The van der Waals surface area contributed by atoms with Gasteiger partial charge in [-0.25, -0.2) is 0 Å². The highest BCUT2D eigenvalue weighted by Gasteiger charge is 2.08. The van der Waals surface area contributed by atoms with E-state index in [1.807, 2.05) is 24.3 Å². The molecule has 1 aromatic rings. The molecule has 1 N–H and O–H groups in total. The van der Waals surface area contributed by atoms with Crippen LogP contribution in [0.15, 0.2) is 24.3 Å². The zero-order chi connectivity index (χ0) is 9.68. The van der Waals surface area contributed by atoms with Gasteiger partial charge in [0.1, 0.15) is 0 Å². The molecule has 13 heavy (non-hydrogen) atoms. The summed E-state index contributed by atoms with van der Waals surface area (Å²) in [7, 11) is 0. The minimum atomic E-state index is 0.141. The predicted octanol–water partition coefficient (Wildman–Crippen LogP) is 3.03. The van der Waals surface area contributed by atoms with Crippen molar-refractivity contribution in [2.24, 2.45) is 0 Å². The fourth-order valence-corrected chi connectivity index (χ4v) is 1.44. The van der Waals surface area contributed by atoms with Gasteiger partial charge in [0.15, 0.2) is 0 Å². The third kappa shape index (κ3) is 3.02. The van der Waals surface area contributed by atoms with Crippen molar-refractivity contribution in [1.82, 2.24) is 0 Å². The summed E-state index contributed by atoms with van der Waals surface area (Å²) in [6, 6.07) is 7.61. The highest BCUT2D eigenvalue weighted by Crippen LogP contribution is 2.21. The monoisotopic (exact) mass is 197 g/mol. The molecule has 71 valence electrons. The largest absolute Gasteiger partial charge is 0.396 e. The van der Waals surface area contributed by atoms with Gasteiger partial charge in [0, 0.05) is 10.9 Å². The van der Waals surface area contributed by atoms with E-state index in [2.05, 4.69) is 13.3 Å². The number of aliphatic hydroxyl groups excluding tert-OH is 1. The second-order valence-corrected chi connectivity index (χ2v) is 3.42. The highest BCUT2D eigenvalue weighted by atomic mass is 35.5. The maximum absolute atomic E-state index is 9.12. The topological polar surface area (TPSA) is 20.2 Å². The molecule has 0 aliphatic rings. The highest BCUT2D eigenvalue weighted by molar-refractivity contribution is 6.30. The Kier molecular flexibility index (Phi) is 4.26. The Bertz CT molecular complexity index is 243. The molecular formula is C11H14ClO. The van der Waals surface area contributed by atoms with Gasteiger partial charge in [-0.05, 0) is 24.1 Å². The molecule has 0 bridgehead atoms.